The first kappa shape index (κ1) is 18.7. The van der Waals surface area contributed by atoms with E-state index in [0.717, 1.165) is 12.3 Å². The van der Waals surface area contributed by atoms with E-state index in [9.17, 15) is 5.11 Å². The second kappa shape index (κ2) is 6.91. The van der Waals surface area contributed by atoms with E-state index < -0.39 is 0 Å². The maximum Gasteiger partial charge on any atom is 0.0686 e. The minimum absolute atomic E-state index is 0.0655. The van der Waals surface area contributed by atoms with Gasteiger partial charge in [0.15, 0.2) is 0 Å². The van der Waals surface area contributed by atoms with Crippen LogP contribution in [-0.4, -0.2) is 22.9 Å². The van der Waals surface area contributed by atoms with Gasteiger partial charge >= 0.3 is 0 Å². The Balaban J connectivity index is 1.78. The van der Waals surface area contributed by atoms with Crippen molar-refractivity contribution in [3.05, 3.63) is 0 Å². The summed E-state index contributed by atoms with van der Waals surface area (Å²) in [6.45, 7) is 11.8. The molecule has 1 saturated heterocycles. The second-order valence-corrected chi connectivity index (χ2v) is 10.0. The van der Waals surface area contributed by atoms with Gasteiger partial charge in [-0.3, -0.25) is 0 Å². The first-order chi connectivity index (χ1) is 11.3. The van der Waals surface area contributed by atoms with Crippen LogP contribution in [0.3, 0.4) is 0 Å². The first-order valence-electron chi connectivity index (χ1n) is 10.6. The van der Waals surface area contributed by atoms with Crippen LogP contribution in [0.4, 0.5) is 0 Å². The summed E-state index contributed by atoms with van der Waals surface area (Å²) in [6, 6.07) is 0. The zero-order chi connectivity index (χ0) is 17.5. The number of aliphatic hydroxyl groups excluding tert-OH is 1. The summed E-state index contributed by atoms with van der Waals surface area (Å²) in [5.74, 6) is 2.45. The number of unbranched alkanes of at least 4 members (excludes halogenated alkanes) is 2. The molecule has 1 aliphatic heterocycles. The van der Waals surface area contributed by atoms with Crippen LogP contribution in [0.1, 0.15) is 92.4 Å². The van der Waals surface area contributed by atoms with Gasteiger partial charge < -0.3 is 9.84 Å². The third kappa shape index (κ3) is 3.18. The molecule has 0 aromatic heterocycles. The molecule has 0 aromatic rings. The van der Waals surface area contributed by atoms with E-state index in [4.69, 9.17) is 4.74 Å². The van der Waals surface area contributed by atoms with E-state index >= 15 is 0 Å². The highest BCUT2D eigenvalue weighted by molar-refractivity contribution is 5.09. The van der Waals surface area contributed by atoms with Crippen molar-refractivity contribution in [1.29, 1.82) is 0 Å². The smallest absolute Gasteiger partial charge is 0.0686 e. The van der Waals surface area contributed by atoms with Gasteiger partial charge in [-0.05, 0) is 62.7 Å². The van der Waals surface area contributed by atoms with Crippen LogP contribution in [0.15, 0.2) is 0 Å². The lowest BCUT2D eigenvalue weighted by atomic mass is 9.50. The Bertz CT molecular complexity index is 432. The van der Waals surface area contributed by atoms with E-state index in [0.29, 0.717) is 17.8 Å². The van der Waals surface area contributed by atoms with E-state index in [-0.39, 0.29) is 23.2 Å². The zero-order valence-electron chi connectivity index (χ0n) is 16.7. The van der Waals surface area contributed by atoms with Crippen molar-refractivity contribution in [2.45, 2.75) is 110 Å². The minimum atomic E-state index is -0.152. The van der Waals surface area contributed by atoms with Crippen LogP contribution in [0.5, 0.6) is 0 Å². The fraction of sp³-hybridized carbons (Fsp3) is 1.00. The summed E-state index contributed by atoms with van der Waals surface area (Å²) in [5, 5.41) is 11.1. The molecular formula is C22H40O2. The van der Waals surface area contributed by atoms with Gasteiger partial charge in [0.1, 0.15) is 0 Å². The summed E-state index contributed by atoms with van der Waals surface area (Å²) in [6.07, 6.45) is 11.3. The van der Waals surface area contributed by atoms with Crippen LogP contribution in [0, 0.1) is 29.1 Å². The van der Waals surface area contributed by atoms with E-state index in [1.54, 1.807) is 0 Å². The van der Waals surface area contributed by atoms with Crippen LogP contribution in [0.25, 0.3) is 0 Å². The molecule has 3 rings (SSSR count). The standard InChI is InChI=1S/C22H40O2/c1-6-7-8-9-16-13-18(23)20-17-12-15(2)10-11-22(17,5)21(3,4)24-19(20)14-16/h15-20,23H,6-14H2,1-5H3/t15-,16?,17?,18?,19-,20+,22?/m1/s1. The van der Waals surface area contributed by atoms with Crippen molar-refractivity contribution in [2.24, 2.45) is 29.1 Å². The van der Waals surface area contributed by atoms with Crippen molar-refractivity contribution in [3.63, 3.8) is 0 Å². The molecule has 1 N–H and O–H groups in total. The van der Waals surface area contributed by atoms with Crippen molar-refractivity contribution in [2.75, 3.05) is 0 Å². The Hall–Kier alpha value is -0.0800. The molecule has 2 heteroatoms. The van der Waals surface area contributed by atoms with Gasteiger partial charge in [-0.1, -0.05) is 52.9 Å². The molecule has 0 radical (unpaired) electrons. The zero-order valence-corrected chi connectivity index (χ0v) is 16.7. The van der Waals surface area contributed by atoms with E-state index in [1.807, 2.05) is 0 Å². The quantitative estimate of drug-likeness (QED) is 0.680. The van der Waals surface area contributed by atoms with E-state index in [1.165, 1.54) is 51.4 Å². The van der Waals surface area contributed by atoms with Crippen LogP contribution >= 0.6 is 0 Å². The van der Waals surface area contributed by atoms with Crippen molar-refractivity contribution in [3.8, 4) is 0 Å². The normalized spacial score (nSPS) is 47.8. The van der Waals surface area contributed by atoms with Gasteiger partial charge in [0.05, 0.1) is 17.8 Å². The van der Waals surface area contributed by atoms with Gasteiger partial charge in [0.25, 0.3) is 0 Å². The molecule has 2 aliphatic carbocycles. The summed E-state index contributed by atoms with van der Waals surface area (Å²) < 4.78 is 6.73. The molecule has 0 aromatic carbocycles. The van der Waals surface area contributed by atoms with Gasteiger partial charge in [0, 0.05) is 5.92 Å². The molecule has 1 heterocycles. The molecule has 7 atom stereocenters. The number of rotatable bonds is 4. The molecular weight excluding hydrogens is 296 g/mol. The number of hydrogen-bond donors (Lipinski definition) is 1. The lowest BCUT2D eigenvalue weighted by Crippen LogP contribution is -2.64. The third-order valence-electron chi connectivity index (χ3n) is 8.15. The Morgan fingerprint density at radius 3 is 2.54 bits per heavy atom. The highest BCUT2D eigenvalue weighted by atomic mass is 16.5. The average molecular weight is 337 g/mol. The maximum absolute atomic E-state index is 11.1. The molecule has 0 spiro atoms. The van der Waals surface area contributed by atoms with Gasteiger partial charge in [0.2, 0.25) is 0 Å². The summed E-state index contributed by atoms with van der Waals surface area (Å²) in [7, 11) is 0. The predicted molar refractivity (Wildman–Crippen MR) is 99.9 cm³/mol. The van der Waals surface area contributed by atoms with Crippen molar-refractivity contribution >= 4 is 0 Å². The molecule has 3 aliphatic rings. The summed E-state index contributed by atoms with van der Waals surface area (Å²) in [5.41, 5.74) is 0.153. The number of aliphatic hydroxyl groups is 1. The number of fused-ring (bicyclic) bond motifs is 3. The summed E-state index contributed by atoms with van der Waals surface area (Å²) >= 11 is 0. The topological polar surface area (TPSA) is 29.5 Å². The fourth-order valence-corrected chi connectivity index (χ4v) is 6.29. The highest BCUT2D eigenvalue weighted by Gasteiger charge is 2.60. The van der Waals surface area contributed by atoms with E-state index in [2.05, 4.69) is 34.6 Å². The van der Waals surface area contributed by atoms with Gasteiger partial charge in [-0.2, -0.15) is 0 Å². The van der Waals surface area contributed by atoms with Crippen LogP contribution < -0.4 is 0 Å². The molecule has 0 bridgehead atoms. The molecule has 24 heavy (non-hydrogen) atoms. The minimum Gasteiger partial charge on any atom is -0.393 e. The third-order valence-corrected chi connectivity index (χ3v) is 8.15. The molecule has 2 saturated carbocycles. The Labute approximate surface area is 149 Å². The lowest BCUT2D eigenvalue weighted by Gasteiger charge is -2.63. The first-order valence-corrected chi connectivity index (χ1v) is 10.6. The number of ether oxygens (including phenoxy) is 1. The molecule has 4 unspecified atom stereocenters. The Kier molecular flexibility index (Phi) is 5.39. The Morgan fingerprint density at radius 1 is 1.08 bits per heavy atom. The van der Waals surface area contributed by atoms with Gasteiger partial charge in [-0.15, -0.1) is 0 Å². The van der Waals surface area contributed by atoms with Crippen LogP contribution in [0.2, 0.25) is 0 Å². The summed E-state index contributed by atoms with van der Waals surface area (Å²) in [4.78, 5) is 0. The maximum atomic E-state index is 11.1. The molecule has 3 fully saturated rings. The molecule has 2 nitrogen and oxygen atoms in total. The fourth-order valence-electron chi connectivity index (χ4n) is 6.29. The highest BCUT2D eigenvalue weighted by Crippen LogP contribution is 2.61. The SMILES string of the molecule is CCCCCC1CC(O)[C@@H]2C3C[C@H](C)CCC3(C)C(C)(C)O[C@@H]2C1. The van der Waals surface area contributed by atoms with Gasteiger partial charge in [-0.25, -0.2) is 0 Å². The molecule has 0 amide bonds. The largest absolute Gasteiger partial charge is 0.393 e. The predicted octanol–water partition coefficient (Wildman–Crippen LogP) is 5.57. The lowest BCUT2D eigenvalue weighted by molar-refractivity contribution is -0.278. The van der Waals surface area contributed by atoms with Crippen LogP contribution in [-0.2, 0) is 4.74 Å². The second-order valence-electron chi connectivity index (χ2n) is 10.0. The average Bonchev–Trinajstić information content (AvgIpc) is 2.49. The van der Waals surface area contributed by atoms with Crippen molar-refractivity contribution < 1.29 is 9.84 Å². The monoisotopic (exact) mass is 336 g/mol. The Morgan fingerprint density at radius 2 is 1.83 bits per heavy atom. The molecule has 140 valence electrons. The number of hydrogen-bond acceptors (Lipinski definition) is 2. The van der Waals surface area contributed by atoms with Crippen molar-refractivity contribution in [1.82, 2.24) is 0 Å².